The van der Waals surface area contributed by atoms with Crippen molar-refractivity contribution >= 4 is 0 Å². The molecule has 1 rings (SSSR count). The fraction of sp³-hybridized carbons (Fsp3) is 0.625. The topological polar surface area (TPSA) is 12.0 Å². The summed E-state index contributed by atoms with van der Waals surface area (Å²) in [4.78, 5) is 0. The highest BCUT2D eigenvalue weighted by Crippen LogP contribution is 2.30. The lowest BCUT2D eigenvalue weighted by Crippen LogP contribution is -2.31. The van der Waals surface area contributed by atoms with Crippen LogP contribution in [0.4, 0.5) is 13.2 Å². The molecule has 0 aliphatic heterocycles. The zero-order valence-corrected chi connectivity index (χ0v) is 12.4. The molecule has 20 heavy (non-hydrogen) atoms. The van der Waals surface area contributed by atoms with E-state index in [1.807, 2.05) is 6.92 Å². The Morgan fingerprint density at radius 1 is 1.00 bits per heavy atom. The monoisotopic (exact) mass is 287 g/mol. The number of rotatable bonds is 7. The van der Waals surface area contributed by atoms with Crippen molar-refractivity contribution in [1.82, 2.24) is 5.32 Å². The van der Waals surface area contributed by atoms with Crippen molar-refractivity contribution < 1.29 is 13.2 Å². The van der Waals surface area contributed by atoms with Crippen LogP contribution < -0.4 is 5.32 Å². The summed E-state index contributed by atoms with van der Waals surface area (Å²) in [7, 11) is 0. The van der Waals surface area contributed by atoms with Crippen molar-refractivity contribution in [1.29, 1.82) is 0 Å². The van der Waals surface area contributed by atoms with Gasteiger partial charge in [-0.2, -0.15) is 13.2 Å². The number of alkyl halides is 3. The molecule has 0 heterocycles. The summed E-state index contributed by atoms with van der Waals surface area (Å²) < 4.78 is 37.5. The second-order valence-electron chi connectivity index (χ2n) is 5.28. The summed E-state index contributed by atoms with van der Waals surface area (Å²) in [6.07, 6.45) is 0.147. The van der Waals surface area contributed by atoms with Crippen LogP contribution in [0.3, 0.4) is 0 Å². The quantitative estimate of drug-likeness (QED) is 0.715. The number of hydrogen-bond donors (Lipinski definition) is 1. The molecule has 1 nitrogen and oxygen atoms in total. The Labute approximate surface area is 119 Å². The van der Waals surface area contributed by atoms with E-state index in [9.17, 15) is 13.2 Å². The summed E-state index contributed by atoms with van der Waals surface area (Å²) in [5.74, 6) is 0. The molecule has 114 valence electrons. The molecule has 0 saturated heterocycles. The molecule has 0 fully saturated rings. The molecule has 4 heteroatoms. The van der Waals surface area contributed by atoms with Crippen LogP contribution >= 0.6 is 0 Å². The molecule has 1 unspecified atom stereocenters. The lowest BCUT2D eigenvalue weighted by molar-refractivity contribution is -0.137. The minimum Gasteiger partial charge on any atom is -0.307 e. The molecule has 0 aliphatic carbocycles. The van der Waals surface area contributed by atoms with E-state index in [0.29, 0.717) is 6.04 Å². The fourth-order valence-corrected chi connectivity index (χ4v) is 2.42. The third-order valence-corrected chi connectivity index (χ3v) is 3.50. The lowest BCUT2D eigenvalue weighted by atomic mass is 10.0. The van der Waals surface area contributed by atoms with Crippen molar-refractivity contribution in [3.05, 3.63) is 35.4 Å². The van der Waals surface area contributed by atoms with E-state index in [2.05, 4.69) is 19.2 Å². The highest BCUT2D eigenvalue weighted by atomic mass is 19.4. The summed E-state index contributed by atoms with van der Waals surface area (Å²) >= 11 is 0. The van der Waals surface area contributed by atoms with Gasteiger partial charge in [-0.15, -0.1) is 0 Å². The first-order valence-electron chi connectivity index (χ1n) is 7.31. The van der Waals surface area contributed by atoms with E-state index in [4.69, 9.17) is 0 Å². The zero-order chi connectivity index (χ0) is 15.2. The first kappa shape index (κ1) is 17.0. The fourth-order valence-electron chi connectivity index (χ4n) is 2.42. The predicted molar refractivity (Wildman–Crippen MR) is 76.6 cm³/mol. The second kappa shape index (κ2) is 7.67. The molecule has 0 aliphatic rings. The van der Waals surface area contributed by atoms with Gasteiger partial charge in [-0.25, -0.2) is 0 Å². The summed E-state index contributed by atoms with van der Waals surface area (Å²) in [5, 5.41) is 3.51. The van der Waals surface area contributed by atoms with Gasteiger partial charge in [-0.05, 0) is 37.5 Å². The van der Waals surface area contributed by atoms with Gasteiger partial charge in [0.15, 0.2) is 0 Å². The second-order valence-corrected chi connectivity index (χ2v) is 5.28. The normalized spacial score (nSPS) is 13.8. The smallest absolute Gasteiger partial charge is 0.307 e. The Hall–Kier alpha value is -1.03. The maximum absolute atomic E-state index is 12.5. The molecule has 0 amide bonds. The van der Waals surface area contributed by atoms with E-state index in [1.165, 1.54) is 0 Å². The Balaban J connectivity index is 2.69. The van der Waals surface area contributed by atoms with Gasteiger partial charge in [0.25, 0.3) is 0 Å². The maximum atomic E-state index is 12.5. The van der Waals surface area contributed by atoms with Gasteiger partial charge in [0.05, 0.1) is 5.56 Å². The van der Waals surface area contributed by atoms with E-state index < -0.39 is 11.7 Å². The Morgan fingerprint density at radius 2 is 1.50 bits per heavy atom. The molecular weight excluding hydrogens is 263 g/mol. The van der Waals surface area contributed by atoms with Crippen molar-refractivity contribution in [2.24, 2.45) is 0 Å². The van der Waals surface area contributed by atoms with Crippen molar-refractivity contribution in [2.75, 3.05) is 0 Å². The summed E-state index contributed by atoms with van der Waals surface area (Å²) in [5.41, 5.74) is 0.308. The third kappa shape index (κ3) is 5.16. The summed E-state index contributed by atoms with van der Waals surface area (Å²) in [6, 6.07) is 5.94. The SMILES string of the molecule is CCCC(CCC)NC(C)c1ccc(C(F)(F)F)cc1. The molecule has 1 aromatic carbocycles. The number of halogens is 3. The van der Waals surface area contributed by atoms with Crippen LogP contribution in [0.25, 0.3) is 0 Å². The average Bonchev–Trinajstić information content (AvgIpc) is 2.38. The van der Waals surface area contributed by atoms with E-state index in [0.717, 1.165) is 43.4 Å². The zero-order valence-electron chi connectivity index (χ0n) is 12.4. The molecule has 1 aromatic rings. The van der Waals surface area contributed by atoms with Crippen LogP contribution in [-0.4, -0.2) is 6.04 Å². The van der Waals surface area contributed by atoms with Crippen LogP contribution in [0.1, 0.15) is 63.6 Å². The van der Waals surface area contributed by atoms with Gasteiger partial charge in [0.2, 0.25) is 0 Å². The van der Waals surface area contributed by atoms with Gasteiger partial charge in [0.1, 0.15) is 0 Å². The highest BCUT2D eigenvalue weighted by Gasteiger charge is 2.30. The van der Waals surface area contributed by atoms with Crippen LogP contribution in [0.2, 0.25) is 0 Å². The molecule has 0 saturated carbocycles. The first-order chi connectivity index (χ1) is 9.38. The number of benzene rings is 1. The predicted octanol–water partition coefficient (Wildman–Crippen LogP) is 5.32. The average molecular weight is 287 g/mol. The van der Waals surface area contributed by atoms with Crippen molar-refractivity contribution in [3.63, 3.8) is 0 Å². The highest BCUT2D eigenvalue weighted by molar-refractivity contribution is 5.26. The van der Waals surface area contributed by atoms with Crippen molar-refractivity contribution in [2.45, 2.75) is 64.7 Å². The minimum atomic E-state index is -4.26. The Bertz CT molecular complexity index is 378. The first-order valence-corrected chi connectivity index (χ1v) is 7.31. The molecule has 0 bridgehead atoms. The molecule has 1 N–H and O–H groups in total. The molecule has 0 aromatic heterocycles. The Morgan fingerprint density at radius 3 is 1.90 bits per heavy atom. The molecule has 0 radical (unpaired) electrons. The van der Waals surface area contributed by atoms with Gasteiger partial charge in [0, 0.05) is 12.1 Å². The molecule has 1 atom stereocenters. The number of nitrogens with one attached hydrogen (secondary N) is 1. The minimum absolute atomic E-state index is 0.0698. The van der Waals surface area contributed by atoms with Gasteiger partial charge >= 0.3 is 6.18 Å². The molecular formula is C16H24F3N. The van der Waals surface area contributed by atoms with Gasteiger partial charge in [-0.3, -0.25) is 0 Å². The van der Waals surface area contributed by atoms with E-state index >= 15 is 0 Å². The molecule has 0 spiro atoms. The van der Waals surface area contributed by atoms with Gasteiger partial charge < -0.3 is 5.32 Å². The van der Waals surface area contributed by atoms with Crippen LogP contribution in [0.5, 0.6) is 0 Å². The number of hydrogen-bond acceptors (Lipinski definition) is 1. The summed E-state index contributed by atoms with van der Waals surface area (Å²) in [6.45, 7) is 6.29. The van der Waals surface area contributed by atoms with E-state index in [1.54, 1.807) is 12.1 Å². The van der Waals surface area contributed by atoms with Crippen LogP contribution in [0, 0.1) is 0 Å². The van der Waals surface area contributed by atoms with Crippen LogP contribution in [-0.2, 0) is 6.18 Å². The Kier molecular flexibility index (Phi) is 6.53. The lowest BCUT2D eigenvalue weighted by Gasteiger charge is -2.23. The van der Waals surface area contributed by atoms with Crippen molar-refractivity contribution in [3.8, 4) is 0 Å². The van der Waals surface area contributed by atoms with Gasteiger partial charge in [-0.1, -0.05) is 38.8 Å². The standard InChI is InChI=1S/C16H24F3N/c1-4-6-15(7-5-2)20-12(3)13-8-10-14(11-9-13)16(17,18)19/h8-12,15,20H,4-7H2,1-3H3. The third-order valence-electron chi connectivity index (χ3n) is 3.50. The van der Waals surface area contributed by atoms with Crippen LogP contribution in [0.15, 0.2) is 24.3 Å². The maximum Gasteiger partial charge on any atom is 0.416 e. The van der Waals surface area contributed by atoms with E-state index in [-0.39, 0.29) is 6.04 Å². The largest absolute Gasteiger partial charge is 0.416 e.